The number of unbranched alkanes of at least 4 members (excludes halogenated alkanes) is 42. The van der Waals surface area contributed by atoms with Crippen LogP contribution in [0.4, 0.5) is 0 Å². The molecule has 0 spiro atoms. The standard InChI is InChI=1S/C79H158N4O5/c1-8-13-18-23-28-33-38-43-48-57-71(6)66-81(67-72(7)58-49-44-39-34-29-24-19-14-9-2)64-55-53-62-76-79(88)83(70-75(86)61-52-47-42-37-32-27-22-17-12-5)77(78(87)80-76)63-54-56-65-82(68-73(84)59-50-45-40-35-30-25-20-15-10-3)69-74(85)60-51-46-41-36-31-26-21-16-11-4/h71-77,84-86H,8-70H2,1-7H3,(H,80,87). The second-order valence-electron chi connectivity index (χ2n) is 29.3. The molecule has 9 nitrogen and oxygen atoms in total. The first-order valence-corrected chi connectivity index (χ1v) is 40.1. The molecule has 0 aromatic heterocycles. The van der Waals surface area contributed by atoms with Crippen molar-refractivity contribution in [2.45, 2.75) is 438 Å². The molecule has 1 heterocycles. The third-order valence-electron chi connectivity index (χ3n) is 20.0. The van der Waals surface area contributed by atoms with Crippen LogP contribution in [0, 0.1) is 11.8 Å². The van der Waals surface area contributed by atoms with Crippen molar-refractivity contribution in [1.82, 2.24) is 20.0 Å². The molecule has 88 heavy (non-hydrogen) atoms. The average Bonchev–Trinajstić information content (AvgIpc) is 3.22. The van der Waals surface area contributed by atoms with Crippen LogP contribution >= 0.6 is 0 Å². The van der Waals surface area contributed by atoms with Crippen molar-refractivity contribution in [3.05, 3.63) is 0 Å². The monoisotopic (exact) mass is 1240 g/mol. The number of nitrogens with zero attached hydrogens (tertiary/aromatic N) is 3. The van der Waals surface area contributed by atoms with Crippen LogP contribution in [0.1, 0.15) is 408 Å². The van der Waals surface area contributed by atoms with Crippen molar-refractivity contribution < 1.29 is 24.9 Å². The summed E-state index contributed by atoms with van der Waals surface area (Å²) in [6, 6.07) is -1.15. The molecule has 524 valence electrons. The number of carbonyl (C=O) groups excluding carboxylic acids is 2. The molecule has 0 aromatic carbocycles. The van der Waals surface area contributed by atoms with Gasteiger partial charge in [-0.1, -0.05) is 337 Å². The van der Waals surface area contributed by atoms with Gasteiger partial charge in [0, 0.05) is 32.7 Å². The fourth-order valence-corrected chi connectivity index (χ4v) is 14.2. The first-order chi connectivity index (χ1) is 43.0. The minimum absolute atomic E-state index is 0.0161. The molecule has 7 atom stereocenters. The van der Waals surface area contributed by atoms with Gasteiger partial charge in [-0.05, 0) is 95.6 Å². The topological polar surface area (TPSA) is 117 Å². The molecule has 1 fully saturated rings. The number of hydrogen-bond donors (Lipinski definition) is 4. The molecule has 7 unspecified atom stereocenters. The summed E-state index contributed by atoms with van der Waals surface area (Å²) in [6.45, 7) is 21.7. The lowest BCUT2D eigenvalue weighted by Crippen LogP contribution is -2.64. The van der Waals surface area contributed by atoms with Gasteiger partial charge < -0.3 is 30.4 Å². The molecule has 2 amide bonds. The third kappa shape index (κ3) is 51.2. The van der Waals surface area contributed by atoms with Gasteiger partial charge in [0.15, 0.2) is 0 Å². The van der Waals surface area contributed by atoms with Gasteiger partial charge in [-0.15, -0.1) is 0 Å². The molecule has 9 heteroatoms. The highest BCUT2D eigenvalue weighted by Gasteiger charge is 2.40. The third-order valence-corrected chi connectivity index (χ3v) is 20.0. The molecule has 0 saturated carbocycles. The zero-order valence-corrected chi connectivity index (χ0v) is 60.6. The highest BCUT2D eigenvalue weighted by Crippen LogP contribution is 2.24. The Labute approximate surface area is 550 Å². The first kappa shape index (κ1) is 84.8. The Kier molecular flexibility index (Phi) is 60.8. The quantitative estimate of drug-likeness (QED) is 0.0448. The molecule has 0 bridgehead atoms. The normalized spacial score (nSPS) is 16.5. The van der Waals surface area contributed by atoms with Crippen LogP contribution in [0.3, 0.4) is 0 Å². The number of β-amino-alcohol motifs (C(OH)–C–C–N with tert-alkyl or cyclic N) is 1. The molecule has 1 rings (SSSR count). The summed E-state index contributed by atoms with van der Waals surface area (Å²) in [7, 11) is 0. The van der Waals surface area contributed by atoms with E-state index in [2.05, 4.69) is 63.6 Å². The van der Waals surface area contributed by atoms with Gasteiger partial charge in [-0.3, -0.25) is 14.5 Å². The van der Waals surface area contributed by atoms with E-state index >= 15 is 0 Å². The van der Waals surface area contributed by atoms with Crippen LogP contribution in [-0.2, 0) is 9.59 Å². The number of nitrogens with one attached hydrogen (secondary N) is 1. The number of piperazine rings is 1. The Hall–Kier alpha value is -1.26. The molecule has 4 N–H and O–H groups in total. The van der Waals surface area contributed by atoms with E-state index in [0.29, 0.717) is 44.2 Å². The Balaban J connectivity index is 3.06. The van der Waals surface area contributed by atoms with Gasteiger partial charge in [0.1, 0.15) is 12.1 Å². The van der Waals surface area contributed by atoms with Crippen molar-refractivity contribution in [3.8, 4) is 0 Å². The maximum absolute atomic E-state index is 14.7. The second kappa shape index (κ2) is 63.2. The lowest BCUT2D eigenvalue weighted by Gasteiger charge is -2.40. The fourth-order valence-electron chi connectivity index (χ4n) is 14.2. The van der Waals surface area contributed by atoms with Gasteiger partial charge in [-0.25, -0.2) is 0 Å². The largest absolute Gasteiger partial charge is 0.392 e. The highest BCUT2D eigenvalue weighted by molar-refractivity contribution is 5.97. The van der Waals surface area contributed by atoms with E-state index < -0.39 is 30.4 Å². The summed E-state index contributed by atoms with van der Waals surface area (Å²) in [5.41, 5.74) is 0. The van der Waals surface area contributed by atoms with E-state index in [4.69, 9.17) is 0 Å². The summed E-state index contributed by atoms with van der Waals surface area (Å²) in [6.07, 6.45) is 66.4. The predicted molar refractivity (Wildman–Crippen MR) is 384 cm³/mol. The molecule has 0 aromatic rings. The van der Waals surface area contributed by atoms with Crippen molar-refractivity contribution in [3.63, 3.8) is 0 Å². The van der Waals surface area contributed by atoms with E-state index in [1.54, 1.807) is 4.90 Å². The van der Waals surface area contributed by atoms with E-state index in [0.717, 1.165) is 103 Å². The first-order valence-electron chi connectivity index (χ1n) is 40.1. The minimum atomic E-state index is -0.652. The van der Waals surface area contributed by atoms with Gasteiger partial charge in [0.05, 0.1) is 18.3 Å². The van der Waals surface area contributed by atoms with E-state index in [9.17, 15) is 24.9 Å². The second-order valence-corrected chi connectivity index (χ2v) is 29.3. The molecule has 0 aliphatic carbocycles. The highest BCUT2D eigenvalue weighted by atomic mass is 16.3. The van der Waals surface area contributed by atoms with Crippen molar-refractivity contribution in [2.75, 3.05) is 45.8 Å². The summed E-state index contributed by atoms with van der Waals surface area (Å²) in [5, 5.41) is 37.6. The number of aliphatic hydroxyl groups is 3. The molecule has 0 radical (unpaired) electrons. The summed E-state index contributed by atoms with van der Waals surface area (Å²) in [4.78, 5) is 35.9. The summed E-state index contributed by atoms with van der Waals surface area (Å²) < 4.78 is 0. The lowest BCUT2D eigenvalue weighted by atomic mass is 9.97. The van der Waals surface area contributed by atoms with Crippen molar-refractivity contribution >= 4 is 11.8 Å². The predicted octanol–water partition coefficient (Wildman–Crippen LogP) is 21.6. The van der Waals surface area contributed by atoms with Crippen LogP contribution in [-0.4, -0.2) is 118 Å². The van der Waals surface area contributed by atoms with E-state index in [1.165, 1.54) is 263 Å². The van der Waals surface area contributed by atoms with Gasteiger partial charge in [-0.2, -0.15) is 0 Å². The van der Waals surface area contributed by atoms with Crippen LogP contribution in [0.2, 0.25) is 0 Å². The summed E-state index contributed by atoms with van der Waals surface area (Å²) >= 11 is 0. The van der Waals surface area contributed by atoms with E-state index in [-0.39, 0.29) is 18.4 Å². The SMILES string of the molecule is CCCCCCCCCCCC(C)CN(CCCCC1NC(=O)C(CCCCN(CC(O)CCCCCCCCCCC)CC(O)CCCCCCCCCCC)N(CC(O)CCCCCCCCCCC)C1=O)CC(C)CCCCCCCCCCC. The zero-order valence-electron chi connectivity index (χ0n) is 60.6. The van der Waals surface area contributed by atoms with Gasteiger partial charge >= 0.3 is 0 Å². The molecule has 1 saturated heterocycles. The fraction of sp³-hybridized carbons (Fsp3) is 0.975. The number of carbonyl (C=O) groups is 2. The Morgan fingerprint density at radius 3 is 0.943 bits per heavy atom. The average molecular weight is 1240 g/mol. The minimum Gasteiger partial charge on any atom is -0.392 e. The molecule has 1 aliphatic heterocycles. The van der Waals surface area contributed by atoms with Gasteiger partial charge in [0.2, 0.25) is 11.8 Å². The molecular weight excluding hydrogens is 1080 g/mol. The Bertz CT molecular complexity index is 1410. The smallest absolute Gasteiger partial charge is 0.245 e. The maximum Gasteiger partial charge on any atom is 0.245 e. The Morgan fingerprint density at radius 1 is 0.341 bits per heavy atom. The number of hydrogen-bond acceptors (Lipinski definition) is 7. The molecule has 1 aliphatic rings. The molecular formula is C79H158N4O5. The van der Waals surface area contributed by atoms with Crippen LogP contribution < -0.4 is 5.32 Å². The maximum atomic E-state index is 14.7. The van der Waals surface area contributed by atoms with Crippen molar-refractivity contribution in [1.29, 1.82) is 0 Å². The number of rotatable bonds is 70. The van der Waals surface area contributed by atoms with Gasteiger partial charge in [0.25, 0.3) is 0 Å². The number of amides is 2. The summed E-state index contributed by atoms with van der Waals surface area (Å²) in [5.74, 6) is 1.25. The van der Waals surface area contributed by atoms with Crippen LogP contribution in [0.5, 0.6) is 0 Å². The zero-order chi connectivity index (χ0) is 64.2. The van der Waals surface area contributed by atoms with E-state index in [1.807, 2.05) is 0 Å². The van der Waals surface area contributed by atoms with Crippen LogP contribution in [0.25, 0.3) is 0 Å². The Morgan fingerprint density at radius 2 is 0.614 bits per heavy atom. The van der Waals surface area contributed by atoms with Crippen molar-refractivity contribution in [2.24, 2.45) is 11.8 Å². The number of aliphatic hydroxyl groups excluding tert-OH is 3. The lowest BCUT2D eigenvalue weighted by molar-refractivity contribution is -0.151. The van der Waals surface area contributed by atoms with Crippen LogP contribution in [0.15, 0.2) is 0 Å².